The number of aromatic carboxylic acids is 1. The number of hydrogen-bond acceptors (Lipinski definition) is 2. The highest BCUT2D eigenvalue weighted by atomic mass is 16.4. The number of pyridine rings is 1. The van der Waals surface area contributed by atoms with Gasteiger partial charge in [-0.1, -0.05) is 51.3 Å². The second-order valence-electron chi connectivity index (χ2n) is 6.63. The van der Waals surface area contributed by atoms with Crippen molar-refractivity contribution in [2.24, 2.45) is 0 Å². The predicted octanol–water partition coefficient (Wildman–Crippen LogP) is 5.10. The number of carbonyl (C=O) groups is 1. The first-order valence-electron chi connectivity index (χ1n) is 8.24. The van der Waals surface area contributed by atoms with E-state index in [9.17, 15) is 9.90 Å². The van der Waals surface area contributed by atoms with Crippen molar-refractivity contribution < 1.29 is 9.90 Å². The lowest BCUT2D eigenvalue weighted by atomic mass is 9.85. The molecule has 2 aromatic rings. The fourth-order valence-corrected chi connectivity index (χ4v) is 3.54. The van der Waals surface area contributed by atoms with Crippen LogP contribution in [0, 0.1) is 0 Å². The summed E-state index contributed by atoms with van der Waals surface area (Å²) < 4.78 is 0. The second kappa shape index (κ2) is 6.07. The molecule has 0 atom stereocenters. The SMILES string of the molecule is CC(C)c1cccc2c(C(=O)O)cc(C3CCCCC3)nc12. The van der Waals surface area contributed by atoms with Gasteiger partial charge in [-0.3, -0.25) is 4.98 Å². The molecule has 0 bridgehead atoms. The number of para-hydroxylation sites is 1. The normalized spacial score (nSPS) is 16.3. The standard InChI is InChI=1S/C19H23NO2/c1-12(2)14-9-6-10-15-16(19(21)22)11-17(20-18(14)15)13-7-4-3-5-8-13/h6,9-13H,3-5,7-8H2,1-2H3,(H,21,22). The molecular weight excluding hydrogens is 274 g/mol. The summed E-state index contributed by atoms with van der Waals surface area (Å²) in [5.74, 6) is -0.110. The highest BCUT2D eigenvalue weighted by Gasteiger charge is 2.21. The zero-order chi connectivity index (χ0) is 15.7. The molecule has 0 spiro atoms. The average molecular weight is 297 g/mol. The van der Waals surface area contributed by atoms with Crippen molar-refractivity contribution in [1.29, 1.82) is 0 Å². The molecule has 1 heterocycles. The van der Waals surface area contributed by atoms with Crippen LogP contribution < -0.4 is 0 Å². The summed E-state index contributed by atoms with van der Waals surface area (Å²) in [6.07, 6.45) is 5.98. The van der Waals surface area contributed by atoms with Gasteiger partial charge in [-0.05, 0) is 30.4 Å². The minimum Gasteiger partial charge on any atom is -0.478 e. The van der Waals surface area contributed by atoms with Crippen molar-refractivity contribution in [3.8, 4) is 0 Å². The molecule has 3 nitrogen and oxygen atoms in total. The number of fused-ring (bicyclic) bond motifs is 1. The molecule has 0 saturated heterocycles. The smallest absolute Gasteiger partial charge is 0.336 e. The molecule has 1 fully saturated rings. The predicted molar refractivity (Wildman–Crippen MR) is 88.6 cm³/mol. The van der Waals surface area contributed by atoms with Crippen LogP contribution in [0.1, 0.15) is 79.4 Å². The van der Waals surface area contributed by atoms with Gasteiger partial charge in [0.2, 0.25) is 0 Å². The van der Waals surface area contributed by atoms with Gasteiger partial charge >= 0.3 is 5.97 Å². The first-order valence-corrected chi connectivity index (χ1v) is 8.24. The fraction of sp³-hybridized carbons (Fsp3) is 0.474. The van der Waals surface area contributed by atoms with E-state index in [0.29, 0.717) is 17.4 Å². The average Bonchev–Trinajstić information content (AvgIpc) is 2.53. The maximum absolute atomic E-state index is 11.7. The number of hydrogen-bond donors (Lipinski definition) is 1. The van der Waals surface area contributed by atoms with Crippen LogP contribution in [0.4, 0.5) is 0 Å². The van der Waals surface area contributed by atoms with E-state index in [2.05, 4.69) is 19.9 Å². The summed E-state index contributed by atoms with van der Waals surface area (Å²) in [6, 6.07) is 7.69. The van der Waals surface area contributed by atoms with E-state index in [1.807, 2.05) is 18.2 Å². The Morgan fingerprint density at radius 3 is 2.59 bits per heavy atom. The summed E-state index contributed by atoms with van der Waals surface area (Å²) in [4.78, 5) is 16.6. The van der Waals surface area contributed by atoms with Gasteiger partial charge in [-0.15, -0.1) is 0 Å². The number of carboxylic acid groups (broad SMARTS) is 1. The quantitative estimate of drug-likeness (QED) is 0.857. The van der Waals surface area contributed by atoms with Crippen LogP contribution in [-0.4, -0.2) is 16.1 Å². The monoisotopic (exact) mass is 297 g/mol. The van der Waals surface area contributed by atoms with E-state index >= 15 is 0 Å². The van der Waals surface area contributed by atoms with Gasteiger partial charge in [0.05, 0.1) is 11.1 Å². The van der Waals surface area contributed by atoms with Crippen molar-refractivity contribution in [1.82, 2.24) is 4.98 Å². The number of carboxylic acids is 1. The molecule has 1 aliphatic carbocycles. The molecular formula is C19H23NO2. The van der Waals surface area contributed by atoms with Crippen molar-refractivity contribution in [3.05, 3.63) is 41.1 Å². The lowest BCUT2D eigenvalue weighted by Gasteiger charge is -2.22. The largest absolute Gasteiger partial charge is 0.478 e. The molecule has 1 N–H and O–H groups in total. The van der Waals surface area contributed by atoms with Crippen molar-refractivity contribution >= 4 is 16.9 Å². The molecule has 3 heteroatoms. The maximum atomic E-state index is 11.7. The van der Waals surface area contributed by atoms with Crippen molar-refractivity contribution in [3.63, 3.8) is 0 Å². The fourth-order valence-electron chi connectivity index (χ4n) is 3.54. The molecule has 1 saturated carbocycles. The summed E-state index contributed by atoms with van der Waals surface area (Å²) in [5.41, 5.74) is 3.38. The van der Waals surface area contributed by atoms with E-state index in [4.69, 9.17) is 4.98 Å². The highest BCUT2D eigenvalue weighted by Crippen LogP contribution is 2.35. The van der Waals surface area contributed by atoms with Crippen LogP contribution in [0.2, 0.25) is 0 Å². The van der Waals surface area contributed by atoms with E-state index in [1.165, 1.54) is 19.3 Å². The van der Waals surface area contributed by atoms with Crippen LogP contribution in [0.5, 0.6) is 0 Å². The number of benzene rings is 1. The Balaban J connectivity index is 2.22. The van der Waals surface area contributed by atoms with Gasteiger partial charge in [0.25, 0.3) is 0 Å². The number of nitrogens with zero attached hydrogens (tertiary/aromatic N) is 1. The molecule has 0 amide bonds. The van der Waals surface area contributed by atoms with Gasteiger partial charge in [0.15, 0.2) is 0 Å². The highest BCUT2D eigenvalue weighted by molar-refractivity contribution is 6.03. The molecule has 22 heavy (non-hydrogen) atoms. The Kier molecular flexibility index (Phi) is 4.14. The summed E-state index contributed by atoms with van der Waals surface area (Å²) in [5, 5.41) is 10.4. The number of aromatic nitrogens is 1. The van der Waals surface area contributed by atoms with Crippen LogP contribution >= 0.6 is 0 Å². The third kappa shape index (κ3) is 2.72. The topological polar surface area (TPSA) is 50.2 Å². The summed E-state index contributed by atoms with van der Waals surface area (Å²) in [7, 11) is 0. The zero-order valence-corrected chi connectivity index (χ0v) is 13.3. The minimum atomic E-state index is -0.856. The van der Waals surface area contributed by atoms with E-state index < -0.39 is 5.97 Å². The van der Waals surface area contributed by atoms with Crippen LogP contribution in [0.3, 0.4) is 0 Å². The van der Waals surface area contributed by atoms with Crippen molar-refractivity contribution in [2.75, 3.05) is 0 Å². The first kappa shape index (κ1) is 15.0. The van der Waals surface area contributed by atoms with Crippen LogP contribution in [-0.2, 0) is 0 Å². The summed E-state index contributed by atoms with van der Waals surface area (Å²) >= 11 is 0. The van der Waals surface area contributed by atoms with E-state index in [-0.39, 0.29) is 0 Å². The van der Waals surface area contributed by atoms with Gasteiger partial charge in [-0.25, -0.2) is 4.79 Å². The Morgan fingerprint density at radius 2 is 1.95 bits per heavy atom. The number of rotatable bonds is 3. The Bertz CT molecular complexity index is 700. The maximum Gasteiger partial charge on any atom is 0.336 e. The molecule has 1 aromatic heterocycles. The zero-order valence-electron chi connectivity index (χ0n) is 13.3. The molecule has 0 aliphatic heterocycles. The van der Waals surface area contributed by atoms with Crippen LogP contribution in [0.15, 0.2) is 24.3 Å². The van der Waals surface area contributed by atoms with Gasteiger partial charge < -0.3 is 5.11 Å². The summed E-state index contributed by atoms with van der Waals surface area (Å²) in [6.45, 7) is 4.26. The molecule has 0 unspecified atom stereocenters. The van der Waals surface area contributed by atoms with Gasteiger partial charge in [0.1, 0.15) is 0 Å². The van der Waals surface area contributed by atoms with Gasteiger partial charge in [0, 0.05) is 17.0 Å². The minimum absolute atomic E-state index is 0.333. The third-order valence-electron chi connectivity index (χ3n) is 4.77. The van der Waals surface area contributed by atoms with E-state index in [0.717, 1.165) is 35.0 Å². The molecule has 1 aliphatic rings. The Morgan fingerprint density at radius 1 is 1.23 bits per heavy atom. The third-order valence-corrected chi connectivity index (χ3v) is 4.77. The molecule has 116 valence electrons. The van der Waals surface area contributed by atoms with Gasteiger partial charge in [-0.2, -0.15) is 0 Å². The first-order chi connectivity index (χ1) is 10.6. The lowest BCUT2D eigenvalue weighted by molar-refractivity contribution is 0.0698. The molecule has 3 rings (SSSR count). The molecule has 1 aromatic carbocycles. The lowest BCUT2D eigenvalue weighted by Crippen LogP contribution is -2.10. The van der Waals surface area contributed by atoms with Crippen molar-refractivity contribution in [2.45, 2.75) is 57.8 Å². The Labute approximate surface area is 131 Å². The molecule has 0 radical (unpaired) electrons. The Hall–Kier alpha value is -1.90. The van der Waals surface area contributed by atoms with Crippen LogP contribution in [0.25, 0.3) is 10.9 Å². The van der Waals surface area contributed by atoms with E-state index in [1.54, 1.807) is 0 Å². The second-order valence-corrected chi connectivity index (χ2v) is 6.63.